The fraction of sp³-hybridized carbons (Fsp3) is 0.512. The number of aryl methyl sites for hydroxylation is 11. The lowest BCUT2D eigenvalue weighted by Crippen LogP contribution is -2.17. The van der Waals surface area contributed by atoms with Crippen LogP contribution in [0.25, 0.3) is 0 Å². The van der Waals surface area contributed by atoms with Crippen molar-refractivity contribution in [2.45, 2.75) is 294 Å². The molecular formula is C86H130. The van der Waals surface area contributed by atoms with Crippen LogP contribution in [0.1, 0.15) is 309 Å². The fourth-order valence-electron chi connectivity index (χ4n) is 11.1. The molecule has 7 aromatic carbocycles. The summed E-state index contributed by atoms with van der Waals surface area (Å²) in [6.07, 6.45) is 0. The molecule has 0 aliphatic heterocycles. The van der Waals surface area contributed by atoms with Crippen molar-refractivity contribution in [2.24, 2.45) is 0 Å². The van der Waals surface area contributed by atoms with Gasteiger partial charge in [0.2, 0.25) is 0 Å². The van der Waals surface area contributed by atoms with E-state index in [1.165, 1.54) is 128 Å². The average molecular weight is 1160 g/mol. The van der Waals surface area contributed by atoms with Gasteiger partial charge in [0.1, 0.15) is 0 Å². The summed E-state index contributed by atoms with van der Waals surface area (Å²) in [4.78, 5) is 0. The molecule has 0 nitrogen and oxygen atoms in total. The van der Waals surface area contributed by atoms with Crippen LogP contribution in [-0.2, 0) is 16.2 Å². The van der Waals surface area contributed by atoms with Crippen LogP contribution in [-0.4, -0.2) is 0 Å². The highest BCUT2D eigenvalue weighted by Crippen LogP contribution is 2.34. The van der Waals surface area contributed by atoms with Crippen molar-refractivity contribution in [1.29, 1.82) is 0 Å². The van der Waals surface area contributed by atoms with Gasteiger partial charge in [-0.15, -0.1) is 0 Å². The van der Waals surface area contributed by atoms with Gasteiger partial charge in [0.15, 0.2) is 0 Å². The van der Waals surface area contributed by atoms with Crippen molar-refractivity contribution in [3.05, 3.63) is 243 Å². The Morgan fingerprint density at radius 2 is 0.512 bits per heavy atom. The van der Waals surface area contributed by atoms with Crippen LogP contribution in [0.15, 0.2) is 115 Å². The topological polar surface area (TPSA) is 0 Å². The molecule has 0 spiro atoms. The predicted molar refractivity (Wildman–Crippen MR) is 392 cm³/mol. The largest absolute Gasteiger partial charge is 0.0591 e. The van der Waals surface area contributed by atoms with Crippen LogP contribution in [0.3, 0.4) is 0 Å². The molecule has 0 aliphatic rings. The van der Waals surface area contributed by atoms with E-state index < -0.39 is 0 Å². The summed E-state index contributed by atoms with van der Waals surface area (Å²) in [7, 11) is 0. The Balaban J connectivity index is 0.000000506. The van der Waals surface area contributed by atoms with E-state index in [0.29, 0.717) is 35.5 Å². The number of hydrogen-bond donors (Lipinski definition) is 0. The second-order valence-electron chi connectivity index (χ2n) is 30.5. The molecule has 0 amide bonds. The highest BCUT2D eigenvalue weighted by atomic mass is 14.3. The van der Waals surface area contributed by atoms with Crippen molar-refractivity contribution in [1.82, 2.24) is 0 Å². The van der Waals surface area contributed by atoms with Crippen LogP contribution in [0, 0.1) is 96.9 Å². The first kappa shape index (κ1) is 78.6. The highest BCUT2D eigenvalue weighted by molar-refractivity contribution is 5.44. The molecule has 0 N–H and O–H groups in total. The first-order valence-corrected chi connectivity index (χ1v) is 32.9. The van der Waals surface area contributed by atoms with E-state index in [0.717, 1.165) is 0 Å². The van der Waals surface area contributed by atoms with E-state index in [-0.39, 0.29) is 16.2 Å². The summed E-state index contributed by atoms with van der Waals surface area (Å²) < 4.78 is 0. The normalized spacial score (nSPS) is 11.4. The number of benzene rings is 7. The van der Waals surface area contributed by atoms with Crippen LogP contribution in [0.4, 0.5) is 0 Å². The van der Waals surface area contributed by atoms with Gasteiger partial charge in [-0.1, -0.05) is 294 Å². The first-order chi connectivity index (χ1) is 39.3. The molecule has 0 saturated heterocycles. The van der Waals surface area contributed by atoms with Gasteiger partial charge in [0.05, 0.1) is 0 Å². The zero-order valence-corrected chi connectivity index (χ0v) is 62.4. The summed E-state index contributed by atoms with van der Waals surface area (Å²) in [6, 6.07) is 42.6. The van der Waals surface area contributed by atoms with E-state index in [1.807, 2.05) is 0 Å². The van der Waals surface area contributed by atoms with Gasteiger partial charge in [-0.3, -0.25) is 0 Å². The van der Waals surface area contributed by atoms with Crippen molar-refractivity contribution in [2.75, 3.05) is 0 Å². The minimum Gasteiger partial charge on any atom is -0.0591 e. The minimum absolute atomic E-state index is 0.241. The maximum absolute atomic E-state index is 2.40. The van der Waals surface area contributed by atoms with Gasteiger partial charge >= 0.3 is 0 Å². The van der Waals surface area contributed by atoms with E-state index in [9.17, 15) is 0 Å². The smallest absolute Gasteiger partial charge is 0.0129 e. The molecular weight excluding hydrogens is 1030 g/mol. The standard InChI is InChI=1S/C16H26.C15H24.C14H22.C12H18.C11H16.C10H14.C8H10/c1-10(2)14-8-15(11(3)4)13(7)16(9-14)12(5)6;1-11-8-9-12(14(2,3)4)10-13(11)15(5,6)7;1-9(2)13-7-11(5)8-14(10(3)4)12(13)6;1-9-6-7-10(2)11(8-9)12(3,4)5;1-8(2)11-7-9(3)5-6-10(11)4;1-7-5-8(2)10(4)9(3)6-7;1-7-3-5-8(2)6-4-7/h8-12H,1-7H3;8-10H,1-7H3;7-10H,1-6H3;6-8H,1-5H3;5-8H,1-4H3;5-6H,1-4H3;3-6H,1-2H3. The lowest BCUT2D eigenvalue weighted by atomic mass is 9.79. The predicted octanol–water partition coefficient (Wildman–Crippen LogP) is 26.8. The Kier molecular flexibility index (Phi) is 31.9. The summed E-state index contributed by atoms with van der Waals surface area (Å²) in [5, 5.41) is 0. The molecule has 7 rings (SSSR count). The molecule has 0 heteroatoms. The summed E-state index contributed by atoms with van der Waals surface area (Å²) in [5.41, 5.74) is 33.7. The average Bonchev–Trinajstić information content (AvgIpc) is 2.03. The molecule has 474 valence electrons. The molecule has 0 atom stereocenters. The van der Waals surface area contributed by atoms with Crippen LogP contribution in [0.5, 0.6) is 0 Å². The van der Waals surface area contributed by atoms with Crippen LogP contribution < -0.4 is 0 Å². The monoisotopic (exact) mass is 1160 g/mol. The molecule has 0 heterocycles. The molecule has 0 bridgehead atoms. The maximum atomic E-state index is 2.40. The third-order valence-electron chi connectivity index (χ3n) is 16.8. The minimum atomic E-state index is 0.241. The van der Waals surface area contributed by atoms with Crippen LogP contribution in [0.2, 0.25) is 0 Å². The maximum Gasteiger partial charge on any atom is -0.0129 e. The second kappa shape index (κ2) is 34.9. The van der Waals surface area contributed by atoms with Crippen molar-refractivity contribution >= 4 is 0 Å². The SMILES string of the molecule is Cc1c(C(C)C)cc(C(C)C)cc1C(C)C.Cc1cc(C(C)C)c(C)c(C(C)C)c1.Cc1cc(C)c(C)c(C)c1.Cc1ccc(C(C)(C)C)cc1C(C)(C)C.Cc1ccc(C)c(C(C)(C)C)c1.Cc1ccc(C)c(C(C)C)c1.Cc1ccc(C)cc1. The third kappa shape index (κ3) is 26.5. The van der Waals surface area contributed by atoms with Gasteiger partial charge in [-0.05, 0) is 243 Å². The van der Waals surface area contributed by atoms with Gasteiger partial charge in [0.25, 0.3) is 0 Å². The van der Waals surface area contributed by atoms with Crippen molar-refractivity contribution in [3.63, 3.8) is 0 Å². The van der Waals surface area contributed by atoms with E-state index in [1.54, 1.807) is 0 Å². The van der Waals surface area contributed by atoms with Gasteiger partial charge in [-0.2, -0.15) is 0 Å². The lowest BCUT2D eigenvalue weighted by molar-refractivity contribution is 0.566. The molecule has 0 radical (unpaired) electrons. The Morgan fingerprint density at radius 3 is 0.826 bits per heavy atom. The zero-order valence-electron chi connectivity index (χ0n) is 62.4. The van der Waals surface area contributed by atoms with Gasteiger partial charge in [-0.25, -0.2) is 0 Å². The Labute approximate surface area is 534 Å². The summed E-state index contributed by atoms with van der Waals surface area (Å²) >= 11 is 0. The quantitative estimate of drug-likeness (QED) is 0.156. The van der Waals surface area contributed by atoms with Crippen molar-refractivity contribution in [3.8, 4) is 0 Å². The van der Waals surface area contributed by atoms with Gasteiger partial charge < -0.3 is 0 Å². The zero-order chi connectivity index (χ0) is 66.7. The number of hydrogen-bond acceptors (Lipinski definition) is 0. The van der Waals surface area contributed by atoms with E-state index in [2.05, 4.69) is 358 Å². The Morgan fingerprint density at radius 1 is 0.221 bits per heavy atom. The van der Waals surface area contributed by atoms with Crippen LogP contribution >= 0.6 is 0 Å². The molecule has 0 fully saturated rings. The fourth-order valence-corrected chi connectivity index (χ4v) is 11.1. The first-order valence-electron chi connectivity index (χ1n) is 32.9. The second-order valence-corrected chi connectivity index (χ2v) is 30.5. The summed E-state index contributed by atoms with van der Waals surface area (Å²) in [6.45, 7) is 78.1. The summed E-state index contributed by atoms with van der Waals surface area (Å²) in [5.74, 6) is 3.78. The Hall–Kier alpha value is -5.46. The van der Waals surface area contributed by atoms with Crippen molar-refractivity contribution < 1.29 is 0 Å². The molecule has 0 aromatic heterocycles. The van der Waals surface area contributed by atoms with Gasteiger partial charge in [0, 0.05) is 0 Å². The van der Waals surface area contributed by atoms with E-state index in [4.69, 9.17) is 0 Å². The lowest BCUT2D eigenvalue weighted by Gasteiger charge is -2.26. The molecule has 86 heavy (non-hydrogen) atoms. The molecule has 0 unspecified atom stereocenters. The van der Waals surface area contributed by atoms with E-state index >= 15 is 0 Å². The Bertz CT molecular complexity index is 3050. The highest BCUT2D eigenvalue weighted by Gasteiger charge is 2.21. The number of rotatable bonds is 6. The molecule has 7 aromatic rings. The third-order valence-corrected chi connectivity index (χ3v) is 16.8. The molecule has 0 aliphatic carbocycles. The molecule has 0 saturated carbocycles.